The SMILES string of the molecule is Cn1ccc(CNC(=O)c2cn(C3CNC3)nn2)c1. The van der Waals surface area contributed by atoms with E-state index in [9.17, 15) is 4.79 Å². The van der Waals surface area contributed by atoms with Gasteiger partial charge in [0, 0.05) is 39.1 Å². The molecule has 1 aliphatic rings. The first-order valence-corrected chi connectivity index (χ1v) is 6.24. The topological polar surface area (TPSA) is 76.8 Å². The van der Waals surface area contributed by atoms with E-state index in [0.29, 0.717) is 18.3 Å². The number of nitrogens with one attached hydrogen (secondary N) is 2. The van der Waals surface area contributed by atoms with E-state index in [2.05, 4.69) is 20.9 Å². The molecule has 1 aliphatic heterocycles. The van der Waals surface area contributed by atoms with Crippen LogP contribution in [0.15, 0.2) is 24.7 Å². The van der Waals surface area contributed by atoms with Crippen LogP contribution in [0.25, 0.3) is 0 Å². The number of aromatic nitrogens is 4. The molecule has 3 heterocycles. The molecule has 1 fully saturated rings. The first-order chi connectivity index (χ1) is 9.22. The Kier molecular flexibility index (Phi) is 3.04. The van der Waals surface area contributed by atoms with Crippen LogP contribution in [-0.2, 0) is 13.6 Å². The minimum absolute atomic E-state index is 0.192. The summed E-state index contributed by atoms with van der Waals surface area (Å²) in [7, 11) is 1.95. The van der Waals surface area contributed by atoms with E-state index < -0.39 is 0 Å². The molecule has 0 saturated carbocycles. The second-order valence-corrected chi connectivity index (χ2v) is 4.76. The molecule has 0 aliphatic carbocycles. The van der Waals surface area contributed by atoms with Crippen LogP contribution in [0.4, 0.5) is 0 Å². The fourth-order valence-corrected chi connectivity index (χ4v) is 1.96. The standard InChI is InChI=1S/C12H16N6O/c1-17-3-2-9(7-17)4-14-12(19)11-8-18(16-15-11)10-5-13-6-10/h2-3,7-8,10,13H,4-6H2,1H3,(H,14,19). The van der Waals surface area contributed by atoms with E-state index in [1.54, 1.807) is 10.9 Å². The van der Waals surface area contributed by atoms with Crippen molar-refractivity contribution in [1.29, 1.82) is 0 Å². The highest BCUT2D eigenvalue weighted by Gasteiger charge is 2.21. The van der Waals surface area contributed by atoms with Gasteiger partial charge in [0.25, 0.3) is 5.91 Å². The molecule has 0 aromatic carbocycles. The molecular formula is C12H16N6O. The van der Waals surface area contributed by atoms with Crippen LogP contribution in [0.2, 0.25) is 0 Å². The fourth-order valence-electron chi connectivity index (χ4n) is 1.96. The Bertz CT molecular complexity index is 583. The molecule has 2 aromatic heterocycles. The Hall–Kier alpha value is -2.15. The molecular weight excluding hydrogens is 244 g/mol. The largest absolute Gasteiger partial charge is 0.357 e. The molecule has 3 rings (SSSR count). The van der Waals surface area contributed by atoms with Gasteiger partial charge in [0.15, 0.2) is 5.69 Å². The highest BCUT2D eigenvalue weighted by molar-refractivity contribution is 5.91. The maximum absolute atomic E-state index is 11.9. The van der Waals surface area contributed by atoms with Crippen molar-refractivity contribution in [3.8, 4) is 0 Å². The monoisotopic (exact) mass is 260 g/mol. The normalized spacial score (nSPS) is 15.2. The Morgan fingerprint density at radius 3 is 3.00 bits per heavy atom. The number of carbonyl (C=O) groups excluding carboxylic acids is 1. The lowest BCUT2D eigenvalue weighted by atomic mass is 10.2. The summed E-state index contributed by atoms with van der Waals surface area (Å²) in [4.78, 5) is 11.9. The van der Waals surface area contributed by atoms with Crippen LogP contribution in [0.1, 0.15) is 22.1 Å². The van der Waals surface area contributed by atoms with Crippen molar-refractivity contribution in [2.45, 2.75) is 12.6 Å². The number of amides is 1. The van der Waals surface area contributed by atoms with Gasteiger partial charge in [0.2, 0.25) is 0 Å². The molecule has 1 saturated heterocycles. The van der Waals surface area contributed by atoms with Gasteiger partial charge in [-0.25, -0.2) is 4.68 Å². The zero-order valence-electron chi connectivity index (χ0n) is 10.7. The van der Waals surface area contributed by atoms with Gasteiger partial charge in [-0.3, -0.25) is 4.79 Å². The van der Waals surface area contributed by atoms with Crippen molar-refractivity contribution < 1.29 is 4.79 Å². The fraction of sp³-hybridized carbons (Fsp3) is 0.417. The van der Waals surface area contributed by atoms with Gasteiger partial charge >= 0.3 is 0 Å². The van der Waals surface area contributed by atoms with Crippen LogP contribution in [0, 0.1) is 0 Å². The average molecular weight is 260 g/mol. The molecule has 0 unspecified atom stereocenters. The highest BCUT2D eigenvalue weighted by atomic mass is 16.2. The van der Waals surface area contributed by atoms with Gasteiger partial charge in [-0.2, -0.15) is 0 Å². The van der Waals surface area contributed by atoms with Crippen molar-refractivity contribution in [1.82, 2.24) is 30.2 Å². The highest BCUT2D eigenvalue weighted by Crippen LogP contribution is 2.09. The Morgan fingerprint density at radius 2 is 2.37 bits per heavy atom. The molecule has 0 spiro atoms. The molecule has 0 atom stereocenters. The van der Waals surface area contributed by atoms with Crippen molar-refractivity contribution in [2.24, 2.45) is 7.05 Å². The molecule has 19 heavy (non-hydrogen) atoms. The second kappa shape index (κ2) is 4.85. The van der Waals surface area contributed by atoms with E-state index in [-0.39, 0.29) is 5.91 Å². The third kappa shape index (κ3) is 2.50. The van der Waals surface area contributed by atoms with Crippen molar-refractivity contribution >= 4 is 5.91 Å². The number of rotatable bonds is 4. The summed E-state index contributed by atoms with van der Waals surface area (Å²) in [6.45, 7) is 2.26. The lowest BCUT2D eigenvalue weighted by molar-refractivity contribution is 0.0946. The average Bonchev–Trinajstić information content (AvgIpc) is 2.93. The summed E-state index contributed by atoms with van der Waals surface area (Å²) in [5.74, 6) is -0.192. The molecule has 2 aromatic rings. The summed E-state index contributed by atoms with van der Waals surface area (Å²) in [5, 5.41) is 13.9. The number of aryl methyl sites for hydroxylation is 1. The van der Waals surface area contributed by atoms with Crippen molar-refractivity contribution in [2.75, 3.05) is 13.1 Å². The van der Waals surface area contributed by atoms with Crippen molar-refractivity contribution in [3.05, 3.63) is 35.9 Å². The maximum Gasteiger partial charge on any atom is 0.273 e. The molecule has 100 valence electrons. The minimum Gasteiger partial charge on any atom is -0.357 e. The zero-order valence-corrected chi connectivity index (χ0v) is 10.7. The Labute approximate surface area is 110 Å². The molecule has 1 amide bonds. The number of carbonyl (C=O) groups is 1. The molecule has 0 radical (unpaired) electrons. The third-order valence-corrected chi connectivity index (χ3v) is 3.22. The maximum atomic E-state index is 11.9. The van der Waals surface area contributed by atoms with Gasteiger partial charge in [0.1, 0.15) is 0 Å². The van der Waals surface area contributed by atoms with E-state index in [0.717, 1.165) is 18.7 Å². The number of hydrogen-bond donors (Lipinski definition) is 2. The number of nitrogens with zero attached hydrogens (tertiary/aromatic N) is 4. The van der Waals surface area contributed by atoms with Gasteiger partial charge < -0.3 is 15.2 Å². The summed E-state index contributed by atoms with van der Waals surface area (Å²) in [5.41, 5.74) is 1.43. The summed E-state index contributed by atoms with van der Waals surface area (Å²) < 4.78 is 3.69. The Balaban J connectivity index is 1.58. The first kappa shape index (κ1) is 11.9. The van der Waals surface area contributed by atoms with Gasteiger partial charge in [-0.1, -0.05) is 5.21 Å². The summed E-state index contributed by atoms with van der Waals surface area (Å²) >= 11 is 0. The van der Waals surface area contributed by atoms with Crippen LogP contribution < -0.4 is 10.6 Å². The van der Waals surface area contributed by atoms with Gasteiger partial charge in [-0.15, -0.1) is 5.10 Å². The lowest BCUT2D eigenvalue weighted by Crippen LogP contribution is -2.43. The summed E-state index contributed by atoms with van der Waals surface area (Å²) in [6, 6.07) is 2.29. The van der Waals surface area contributed by atoms with E-state index in [1.165, 1.54) is 0 Å². The van der Waals surface area contributed by atoms with Crippen LogP contribution in [0.5, 0.6) is 0 Å². The predicted octanol–water partition coefficient (Wildman–Crippen LogP) is -0.309. The van der Waals surface area contributed by atoms with E-state index in [4.69, 9.17) is 0 Å². The van der Waals surface area contributed by atoms with E-state index in [1.807, 2.05) is 30.1 Å². The lowest BCUT2D eigenvalue weighted by Gasteiger charge is -2.26. The third-order valence-electron chi connectivity index (χ3n) is 3.22. The smallest absolute Gasteiger partial charge is 0.273 e. The Morgan fingerprint density at radius 1 is 1.53 bits per heavy atom. The molecule has 0 bridgehead atoms. The molecule has 2 N–H and O–H groups in total. The minimum atomic E-state index is -0.192. The quantitative estimate of drug-likeness (QED) is 0.790. The summed E-state index contributed by atoms with van der Waals surface area (Å²) in [6.07, 6.45) is 5.62. The molecule has 7 nitrogen and oxygen atoms in total. The van der Waals surface area contributed by atoms with Crippen LogP contribution in [-0.4, -0.2) is 38.6 Å². The molecule has 7 heteroatoms. The first-order valence-electron chi connectivity index (χ1n) is 6.24. The van der Waals surface area contributed by atoms with E-state index >= 15 is 0 Å². The van der Waals surface area contributed by atoms with Crippen LogP contribution in [0.3, 0.4) is 0 Å². The van der Waals surface area contributed by atoms with Crippen LogP contribution >= 0.6 is 0 Å². The zero-order chi connectivity index (χ0) is 13.2. The predicted molar refractivity (Wildman–Crippen MR) is 68.5 cm³/mol. The number of hydrogen-bond acceptors (Lipinski definition) is 4. The van der Waals surface area contributed by atoms with Crippen molar-refractivity contribution in [3.63, 3.8) is 0 Å². The van der Waals surface area contributed by atoms with Gasteiger partial charge in [0.05, 0.1) is 12.2 Å². The van der Waals surface area contributed by atoms with Gasteiger partial charge in [-0.05, 0) is 11.6 Å². The second-order valence-electron chi connectivity index (χ2n) is 4.76.